The molecule has 4 aromatic rings. The Morgan fingerprint density at radius 3 is 2.55 bits per heavy atom. The molecule has 1 aliphatic heterocycles. The predicted octanol–water partition coefficient (Wildman–Crippen LogP) is 6.19. The number of ether oxygens (including phenoxy) is 5. The van der Waals surface area contributed by atoms with Gasteiger partial charge in [-0.2, -0.15) is 0 Å². The number of carbonyl (C=O) groups excluding carboxylic acids is 1. The fraction of sp³-hybridized carbons (Fsp3) is 0.242. The molecule has 42 heavy (non-hydrogen) atoms. The molecule has 1 N–H and O–H groups in total. The van der Waals surface area contributed by atoms with Crippen molar-refractivity contribution in [3.05, 3.63) is 101 Å². The SMILES string of the molecule is CCCOc1ccc2c(c1)C(c1ccc(OC)cc1Oc1cnccc1C=O)C(C(=O)O)C2c1ccc2c(c1)OCO2. The molecule has 0 saturated heterocycles. The Morgan fingerprint density at radius 1 is 0.952 bits per heavy atom. The Labute approximate surface area is 242 Å². The number of fused-ring (bicyclic) bond motifs is 2. The number of carboxylic acids is 1. The largest absolute Gasteiger partial charge is 0.497 e. The van der Waals surface area contributed by atoms with Gasteiger partial charge in [-0.3, -0.25) is 14.6 Å². The molecule has 0 amide bonds. The van der Waals surface area contributed by atoms with E-state index in [1.54, 1.807) is 18.2 Å². The molecule has 0 fully saturated rings. The Kier molecular flexibility index (Phi) is 7.39. The highest BCUT2D eigenvalue weighted by Crippen LogP contribution is 2.56. The number of hydrogen-bond acceptors (Lipinski definition) is 8. The van der Waals surface area contributed by atoms with Crippen LogP contribution in [0, 0.1) is 5.92 Å². The second kappa shape index (κ2) is 11.4. The van der Waals surface area contributed by atoms with E-state index in [2.05, 4.69) is 4.98 Å². The molecule has 1 aliphatic carbocycles. The summed E-state index contributed by atoms with van der Waals surface area (Å²) in [5, 5.41) is 10.8. The van der Waals surface area contributed by atoms with E-state index in [4.69, 9.17) is 23.7 Å². The molecule has 1 aromatic heterocycles. The van der Waals surface area contributed by atoms with Crippen LogP contribution in [0.15, 0.2) is 73.1 Å². The zero-order valence-electron chi connectivity index (χ0n) is 23.1. The Morgan fingerprint density at radius 2 is 1.76 bits per heavy atom. The van der Waals surface area contributed by atoms with E-state index in [1.807, 2.05) is 49.4 Å². The molecular weight excluding hydrogens is 538 g/mol. The third kappa shape index (κ3) is 4.87. The summed E-state index contributed by atoms with van der Waals surface area (Å²) in [5.74, 6) is -0.0216. The highest BCUT2D eigenvalue weighted by Gasteiger charge is 2.48. The van der Waals surface area contributed by atoms with Crippen molar-refractivity contribution in [1.29, 1.82) is 0 Å². The molecule has 2 heterocycles. The normalized spacial score (nSPS) is 18.3. The van der Waals surface area contributed by atoms with E-state index in [-0.39, 0.29) is 12.5 Å². The highest BCUT2D eigenvalue weighted by molar-refractivity contribution is 5.80. The van der Waals surface area contributed by atoms with Crippen molar-refractivity contribution in [3.8, 4) is 34.5 Å². The number of aldehydes is 1. The molecule has 9 nitrogen and oxygen atoms in total. The molecule has 2 aliphatic rings. The van der Waals surface area contributed by atoms with Crippen LogP contribution in [0.25, 0.3) is 0 Å². The molecule has 9 heteroatoms. The minimum Gasteiger partial charge on any atom is -0.497 e. The van der Waals surface area contributed by atoms with Gasteiger partial charge < -0.3 is 28.8 Å². The maximum atomic E-state index is 13.2. The summed E-state index contributed by atoms with van der Waals surface area (Å²) in [6, 6.07) is 18.1. The number of methoxy groups -OCH3 is 1. The molecule has 3 atom stereocenters. The summed E-state index contributed by atoms with van der Waals surface area (Å²) < 4.78 is 28.9. The first-order valence-corrected chi connectivity index (χ1v) is 13.7. The maximum absolute atomic E-state index is 13.2. The van der Waals surface area contributed by atoms with Crippen molar-refractivity contribution in [1.82, 2.24) is 4.98 Å². The van der Waals surface area contributed by atoms with E-state index in [0.29, 0.717) is 52.8 Å². The summed E-state index contributed by atoms with van der Waals surface area (Å²) in [7, 11) is 1.54. The Balaban J connectivity index is 1.54. The molecule has 3 unspecified atom stereocenters. The average molecular weight is 568 g/mol. The van der Waals surface area contributed by atoms with E-state index in [0.717, 1.165) is 23.1 Å². The maximum Gasteiger partial charge on any atom is 0.308 e. The van der Waals surface area contributed by atoms with Gasteiger partial charge in [0, 0.05) is 29.7 Å². The number of carboxylic acid groups (broad SMARTS) is 1. The van der Waals surface area contributed by atoms with Crippen LogP contribution in [0.1, 0.15) is 57.8 Å². The molecule has 0 radical (unpaired) electrons. The van der Waals surface area contributed by atoms with Gasteiger partial charge in [-0.1, -0.05) is 25.1 Å². The van der Waals surface area contributed by atoms with Gasteiger partial charge in [0.05, 0.1) is 31.4 Å². The van der Waals surface area contributed by atoms with Crippen molar-refractivity contribution in [3.63, 3.8) is 0 Å². The van der Waals surface area contributed by atoms with Crippen LogP contribution in [0.4, 0.5) is 0 Å². The van der Waals surface area contributed by atoms with Crippen molar-refractivity contribution in [2.75, 3.05) is 20.5 Å². The second-order valence-electron chi connectivity index (χ2n) is 10.1. The lowest BCUT2D eigenvalue weighted by Crippen LogP contribution is -2.24. The van der Waals surface area contributed by atoms with Crippen LogP contribution >= 0.6 is 0 Å². The van der Waals surface area contributed by atoms with Gasteiger partial charge in [0.1, 0.15) is 17.2 Å². The molecule has 0 saturated carbocycles. The molecule has 0 bridgehead atoms. The molecule has 3 aromatic carbocycles. The van der Waals surface area contributed by atoms with E-state index >= 15 is 0 Å². The van der Waals surface area contributed by atoms with Crippen molar-refractivity contribution >= 4 is 12.3 Å². The molecule has 214 valence electrons. The predicted molar refractivity (Wildman–Crippen MR) is 152 cm³/mol. The number of carbonyl (C=O) groups is 2. The number of benzene rings is 3. The van der Waals surface area contributed by atoms with Crippen LogP contribution in [0.3, 0.4) is 0 Å². The van der Waals surface area contributed by atoms with Crippen molar-refractivity contribution in [2.24, 2.45) is 5.92 Å². The van der Waals surface area contributed by atoms with Gasteiger partial charge in [-0.05, 0) is 59.5 Å². The minimum absolute atomic E-state index is 0.118. The second-order valence-corrected chi connectivity index (χ2v) is 10.1. The number of aromatic nitrogens is 1. The van der Waals surface area contributed by atoms with Crippen LogP contribution in [0.5, 0.6) is 34.5 Å². The van der Waals surface area contributed by atoms with E-state index in [9.17, 15) is 14.7 Å². The van der Waals surface area contributed by atoms with Crippen LogP contribution < -0.4 is 23.7 Å². The fourth-order valence-electron chi connectivity index (χ4n) is 5.81. The number of pyridine rings is 1. The molecule has 0 spiro atoms. The van der Waals surface area contributed by atoms with Gasteiger partial charge in [0.15, 0.2) is 23.5 Å². The lowest BCUT2D eigenvalue weighted by Gasteiger charge is -2.25. The quantitative estimate of drug-likeness (QED) is 0.224. The van der Waals surface area contributed by atoms with Gasteiger partial charge in [-0.15, -0.1) is 0 Å². The minimum atomic E-state index is -0.966. The third-order valence-corrected chi connectivity index (χ3v) is 7.68. The van der Waals surface area contributed by atoms with Crippen LogP contribution in [-0.2, 0) is 4.79 Å². The number of rotatable bonds is 10. The Bertz CT molecular complexity index is 1650. The third-order valence-electron chi connectivity index (χ3n) is 7.68. The smallest absolute Gasteiger partial charge is 0.308 e. The van der Waals surface area contributed by atoms with Gasteiger partial charge in [0.25, 0.3) is 0 Å². The molecule has 6 rings (SSSR count). The standard InChI is InChI=1S/C33H29NO8/c1-3-12-39-22-6-7-23-25(14-22)31(32(33(36)37)30(23)19-4-9-26-28(13-19)41-18-40-26)24-8-5-21(38-2)15-27(24)42-29-16-34-11-10-20(29)17-35/h4-11,13-17,30-32H,3,12,18H2,1-2H3,(H,36,37). The average Bonchev–Trinajstić information content (AvgIpc) is 3.62. The summed E-state index contributed by atoms with van der Waals surface area (Å²) in [6.07, 6.45) is 4.48. The van der Waals surface area contributed by atoms with Crippen molar-refractivity contribution < 1.29 is 38.4 Å². The first-order chi connectivity index (χ1) is 20.5. The monoisotopic (exact) mass is 567 g/mol. The first kappa shape index (κ1) is 27.1. The summed E-state index contributed by atoms with van der Waals surface area (Å²) in [4.78, 5) is 29.1. The van der Waals surface area contributed by atoms with Gasteiger partial charge >= 0.3 is 5.97 Å². The highest BCUT2D eigenvalue weighted by atomic mass is 16.7. The van der Waals surface area contributed by atoms with Gasteiger partial charge in [0.2, 0.25) is 6.79 Å². The summed E-state index contributed by atoms with van der Waals surface area (Å²) in [5.41, 5.74) is 3.42. The Hall–Kier alpha value is -5.05. The van der Waals surface area contributed by atoms with Crippen LogP contribution in [0.2, 0.25) is 0 Å². The number of hydrogen-bond donors (Lipinski definition) is 1. The number of nitrogens with zero attached hydrogens (tertiary/aromatic N) is 1. The zero-order valence-corrected chi connectivity index (χ0v) is 23.1. The van der Waals surface area contributed by atoms with E-state index in [1.165, 1.54) is 19.5 Å². The zero-order chi connectivity index (χ0) is 29.2. The van der Waals surface area contributed by atoms with Crippen molar-refractivity contribution in [2.45, 2.75) is 25.2 Å². The topological polar surface area (TPSA) is 113 Å². The summed E-state index contributed by atoms with van der Waals surface area (Å²) >= 11 is 0. The lowest BCUT2D eigenvalue weighted by atomic mass is 9.79. The summed E-state index contributed by atoms with van der Waals surface area (Å²) in [6.45, 7) is 2.68. The first-order valence-electron chi connectivity index (χ1n) is 13.7. The fourth-order valence-corrected chi connectivity index (χ4v) is 5.81. The molecular formula is C33H29NO8. The number of aliphatic carboxylic acids is 1. The van der Waals surface area contributed by atoms with E-state index < -0.39 is 23.7 Å². The van der Waals surface area contributed by atoms with Crippen LogP contribution in [-0.4, -0.2) is 42.9 Å². The lowest BCUT2D eigenvalue weighted by molar-refractivity contribution is -0.142. The van der Waals surface area contributed by atoms with Gasteiger partial charge in [-0.25, -0.2) is 0 Å².